The van der Waals surface area contributed by atoms with Crippen LogP contribution in [0.2, 0.25) is 0 Å². The zero-order valence-electron chi connectivity index (χ0n) is 6.35. The first kappa shape index (κ1) is 11.4. The summed E-state index contributed by atoms with van der Waals surface area (Å²) in [5.74, 6) is 0. The molecule has 0 spiro atoms. The third kappa shape index (κ3) is 2.81. The molecule has 1 rings (SSSR count). The van der Waals surface area contributed by atoms with Gasteiger partial charge in [0.15, 0.2) is 0 Å². The Balaban J connectivity index is 0.00000121. The summed E-state index contributed by atoms with van der Waals surface area (Å²) in [6.07, 6.45) is 0. The van der Waals surface area contributed by atoms with Crippen LogP contribution in [-0.4, -0.2) is 13.0 Å². The Labute approximate surface area is 77.6 Å². The Morgan fingerprint density at radius 2 is 1.58 bits per heavy atom. The standard InChI is InChI=1S/C7H8O3S.ClH/c1-6-2-4-7(5-3-6)11(8,9)10;/h2-5H,1H3,(H,8,9,10);1H/p-1. The lowest BCUT2D eigenvalue weighted by Gasteiger charge is -2.05. The molecule has 0 aliphatic carbocycles. The molecule has 0 unspecified atom stereocenters. The predicted molar refractivity (Wildman–Crippen MR) is 46.4 cm³/mol. The molecule has 0 aliphatic rings. The van der Waals surface area contributed by atoms with Crippen molar-refractivity contribution in [3.8, 4) is 0 Å². The molecule has 1 aromatic carbocycles. The van der Waals surface area contributed by atoms with Crippen molar-refractivity contribution in [2.45, 2.75) is 11.8 Å². The van der Waals surface area contributed by atoms with E-state index < -0.39 is 10.1 Å². The van der Waals surface area contributed by atoms with Crippen molar-refractivity contribution in [1.82, 2.24) is 0 Å². The van der Waals surface area contributed by atoms with Crippen molar-refractivity contribution in [1.29, 1.82) is 0 Å². The molecule has 0 saturated heterocycles. The monoisotopic (exact) mass is 207 g/mol. The molecule has 0 aromatic heterocycles. The summed E-state index contributed by atoms with van der Waals surface area (Å²) in [7, 11) is -4.27. The number of hydrogen-bond acceptors (Lipinski definition) is 3. The van der Waals surface area contributed by atoms with E-state index in [2.05, 4.69) is 0 Å². The van der Waals surface area contributed by atoms with E-state index in [4.69, 9.17) is 0 Å². The molecule has 0 aliphatic heterocycles. The maximum absolute atomic E-state index is 10.4. The van der Waals surface area contributed by atoms with Gasteiger partial charge in [-0.1, -0.05) is 17.7 Å². The van der Waals surface area contributed by atoms with Gasteiger partial charge in [0.25, 0.3) is 0 Å². The van der Waals surface area contributed by atoms with Crippen molar-refractivity contribution in [3.05, 3.63) is 29.8 Å². The van der Waals surface area contributed by atoms with Gasteiger partial charge in [0.05, 0.1) is 4.90 Å². The zero-order chi connectivity index (χ0) is 8.48. The van der Waals surface area contributed by atoms with Crippen molar-refractivity contribution in [3.63, 3.8) is 0 Å². The Kier molecular flexibility index (Phi) is 3.70. The van der Waals surface area contributed by atoms with Gasteiger partial charge < -0.3 is 4.55 Å². The van der Waals surface area contributed by atoms with Crippen LogP contribution in [0.4, 0.5) is 0 Å². The van der Waals surface area contributed by atoms with Crippen LogP contribution in [0.5, 0.6) is 0 Å². The van der Waals surface area contributed by atoms with Gasteiger partial charge >= 0.3 is 0 Å². The fourth-order valence-electron chi connectivity index (χ4n) is 0.705. The maximum Gasteiger partial charge on any atom is 0.124 e. The first-order valence-corrected chi connectivity index (χ1v) is 4.43. The molecule has 0 bridgehead atoms. The molecule has 5 heteroatoms. The lowest BCUT2D eigenvalue weighted by molar-refractivity contribution is 0.463. The Bertz CT molecular complexity index is 341. The molecule has 1 aromatic rings. The van der Waals surface area contributed by atoms with Gasteiger partial charge in [0.2, 0.25) is 0 Å². The number of hydrogen-bond donors (Lipinski definition) is 0. The van der Waals surface area contributed by atoms with Crippen molar-refractivity contribution in [2.24, 2.45) is 0 Å². The lowest BCUT2D eigenvalue weighted by atomic mass is 10.2. The number of rotatable bonds is 1. The third-order valence-electron chi connectivity index (χ3n) is 1.31. The van der Waals surface area contributed by atoms with E-state index in [0.29, 0.717) is 0 Å². The van der Waals surface area contributed by atoms with Crippen molar-refractivity contribution < 1.29 is 13.0 Å². The summed E-state index contributed by atoms with van der Waals surface area (Å²) >= 11 is 0. The van der Waals surface area contributed by atoms with E-state index in [-0.39, 0.29) is 17.3 Å². The molecule has 0 heterocycles. The Morgan fingerprint density at radius 3 is 1.92 bits per heavy atom. The van der Waals surface area contributed by atoms with E-state index in [1.807, 2.05) is 6.92 Å². The Hall–Kier alpha value is -0.580. The third-order valence-corrected chi connectivity index (χ3v) is 2.16. The highest BCUT2D eigenvalue weighted by Crippen LogP contribution is 2.08. The molecule has 0 atom stereocenters. The molecule has 12 heavy (non-hydrogen) atoms. The van der Waals surface area contributed by atoms with Crippen LogP contribution in [0.15, 0.2) is 29.2 Å². The normalized spacial score (nSPS) is 10.5. The summed E-state index contributed by atoms with van der Waals surface area (Å²) in [5.41, 5.74) is 0.928. The predicted octanol–water partition coefficient (Wildman–Crippen LogP) is 1.32. The van der Waals surface area contributed by atoms with Crippen molar-refractivity contribution >= 4 is 22.5 Å². The zero-order valence-corrected chi connectivity index (χ0v) is 7.98. The van der Waals surface area contributed by atoms with Crippen LogP contribution in [0, 0.1) is 6.92 Å². The van der Waals surface area contributed by atoms with E-state index in [1.165, 1.54) is 12.1 Å². The summed E-state index contributed by atoms with van der Waals surface area (Å²) in [6, 6.07) is 5.78. The fraction of sp³-hybridized carbons (Fsp3) is 0.143. The number of halogens is 1. The van der Waals surface area contributed by atoms with Gasteiger partial charge in [0.1, 0.15) is 10.1 Å². The minimum absolute atomic E-state index is 0. The van der Waals surface area contributed by atoms with Crippen LogP contribution in [0.25, 0.3) is 0 Å². The van der Waals surface area contributed by atoms with E-state index >= 15 is 0 Å². The molecule has 0 N–H and O–H groups in total. The SMILES string of the molecule is Cc1ccc(S(=O)(=O)[O-])cc1.Cl. The van der Waals surface area contributed by atoms with E-state index in [9.17, 15) is 13.0 Å². The smallest absolute Gasteiger partial charge is 0.124 e. The second-order valence-electron chi connectivity index (χ2n) is 2.27. The first-order valence-electron chi connectivity index (χ1n) is 3.03. The average molecular weight is 208 g/mol. The van der Waals surface area contributed by atoms with Gasteiger partial charge in [-0.3, -0.25) is 0 Å². The minimum atomic E-state index is -4.27. The molecule has 0 amide bonds. The van der Waals surface area contributed by atoms with Gasteiger partial charge in [0, 0.05) is 0 Å². The van der Waals surface area contributed by atoms with Crippen LogP contribution in [0.3, 0.4) is 0 Å². The number of benzene rings is 1. The molecule has 0 fully saturated rings. The van der Waals surface area contributed by atoms with Gasteiger partial charge in [-0.2, -0.15) is 0 Å². The largest absolute Gasteiger partial charge is 0.744 e. The highest BCUT2D eigenvalue weighted by atomic mass is 35.5. The van der Waals surface area contributed by atoms with Crippen LogP contribution >= 0.6 is 12.4 Å². The van der Waals surface area contributed by atoms with Crippen LogP contribution < -0.4 is 0 Å². The van der Waals surface area contributed by atoms with Crippen LogP contribution in [-0.2, 0) is 10.1 Å². The highest BCUT2D eigenvalue weighted by molar-refractivity contribution is 7.85. The summed E-state index contributed by atoms with van der Waals surface area (Å²) < 4.78 is 31.2. The van der Waals surface area contributed by atoms with Gasteiger partial charge in [-0.05, 0) is 19.1 Å². The lowest BCUT2D eigenvalue weighted by Crippen LogP contribution is -1.97. The van der Waals surface area contributed by atoms with E-state index in [0.717, 1.165) is 5.56 Å². The molecule has 68 valence electrons. The highest BCUT2D eigenvalue weighted by Gasteiger charge is 1.97. The minimum Gasteiger partial charge on any atom is -0.744 e. The molecular weight excluding hydrogens is 200 g/mol. The molecule has 3 nitrogen and oxygen atoms in total. The Morgan fingerprint density at radius 1 is 1.17 bits per heavy atom. The first-order chi connectivity index (χ1) is 5.00. The average Bonchev–Trinajstić information content (AvgIpc) is 1.86. The molecule has 0 saturated carbocycles. The molecular formula is C7H8ClO3S-. The summed E-state index contributed by atoms with van der Waals surface area (Å²) in [6.45, 7) is 1.82. The quantitative estimate of drug-likeness (QED) is 0.653. The molecule has 0 radical (unpaired) electrons. The van der Waals surface area contributed by atoms with Crippen LogP contribution in [0.1, 0.15) is 5.56 Å². The maximum atomic E-state index is 10.4. The second-order valence-corrected chi connectivity index (χ2v) is 3.65. The van der Waals surface area contributed by atoms with Gasteiger partial charge in [-0.15, -0.1) is 12.4 Å². The van der Waals surface area contributed by atoms with E-state index in [1.54, 1.807) is 12.1 Å². The summed E-state index contributed by atoms with van der Waals surface area (Å²) in [5, 5.41) is 0. The fourth-order valence-corrected chi connectivity index (χ4v) is 1.17. The topological polar surface area (TPSA) is 57.2 Å². The second kappa shape index (κ2) is 3.89. The van der Waals surface area contributed by atoms with Gasteiger partial charge in [-0.25, -0.2) is 8.42 Å². The van der Waals surface area contributed by atoms with Crippen molar-refractivity contribution in [2.75, 3.05) is 0 Å². The number of aryl methyl sites for hydroxylation is 1. The summed E-state index contributed by atoms with van der Waals surface area (Å²) in [4.78, 5) is -0.178.